The van der Waals surface area contributed by atoms with Crippen LogP contribution in [0.15, 0.2) is 0 Å². The van der Waals surface area contributed by atoms with Gasteiger partial charge in [0, 0.05) is 13.1 Å². The van der Waals surface area contributed by atoms with E-state index in [1.165, 1.54) is 19.3 Å². The summed E-state index contributed by atoms with van der Waals surface area (Å²) < 4.78 is 0. The average molecular weight is 234 g/mol. The van der Waals surface area contributed by atoms with Gasteiger partial charge in [-0.05, 0) is 37.8 Å². The topological polar surface area (TPSA) is 58.4 Å². The fourth-order valence-electron chi connectivity index (χ4n) is 2.65. The zero-order chi connectivity index (χ0) is 10.2. The summed E-state index contributed by atoms with van der Waals surface area (Å²) in [6.07, 6.45) is 3.59. The van der Waals surface area contributed by atoms with E-state index in [0.717, 1.165) is 13.1 Å². The second kappa shape index (κ2) is 4.68. The number of likely N-dealkylation sites (N-methyl/N-ethyl adjacent to an activating group) is 1. The molecule has 1 atom stereocenters. The van der Waals surface area contributed by atoms with Crippen molar-refractivity contribution >= 4 is 18.3 Å². The number of nitrogens with zero attached hydrogens (tertiary/aromatic N) is 1. The highest BCUT2D eigenvalue weighted by Crippen LogP contribution is 2.55. The number of rotatable bonds is 2. The van der Waals surface area contributed by atoms with E-state index in [1.54, 1.807) is 0 Å². The number of hydrogen-bond acceptors (Lipinski definition) is 3. The SMILES string of the molecule is CN(C(=O)CN)C1CC12CCNCC2.Cl. The molecular weight excluding hydrogens is 214 g/mol. The molecule has 1 heterocycles. The molecule has 15 heavy (non-hydrogen) atoms. The minimum atomic E-state index is 0. The van der Waals surface area contributed by atoms with Gasteiger partial charge in [-0.2, -0.15) is 0 Å². The van der Waals surface area contributed by atoms with Crippen LogP contribution in [0.1, 0.15) is 19.3 Å². The summed E-state index contributed by atoms with van der Waals surface area (Å²) in [6.45, 7) is 2.34. The van der Waals surface area contributed by atoms with Gasteiger partial charge in [-0.15, -0.1) is 12.4 Å². The molecule has 88 valence electrons. The molecule has 2 fully saturated rings. The Morgan fingerprint density at radius 3 is 2.67 bits per heavy atom. The largest absolute Gasteiger partial charge is 0.341 e. The third-order valence-electron chi connectivity index (χ3n) is 3.78. The summed E-state index contributed by atoms with van der Waals surface area (Å²) in [7, 11) is 1.89. The average Bonchev–Trinajstić information content (AvgIpc) is 2.91. The molecule has 1 amide bonds. The number of amides is 1. The van der Waals surface area contributed by atoms with Crippen LogP contribution in [0.4, 0.5) is 0 Å². The highest BCUT2D eigenvalue weighted by Gasteiger charge is 2.56. The van der Waals surface area contributed by atoms with Gasteiger partial charge in [0.1, 0.15) is 0 Å². The van der Waals surface area contributed by atoms with Crippen molar-refractivity contribution in [1.29, 1.82) is 0 Å². The van der Waals surface area contributed by atoms with E-state index in [9.17, 15) is 4.79 Å². The van der Waals surface area contributed by atoms with Crippen molar-refractivity contribution < 1.29 is 4.79 Å². The van der Waals surface area contributed by atoms with Crippen molar-refractivity contribution in [1.82, 2.24) is 10.2 Å². The quantitative estimate of drug-likeness (QED) is 0.704. The van der Waals surface area contributed by atoms with Crippen LogP contribution < -0.4 is 11.1 Å². The second-order valence-corrected chi connectivity index (χ2v) is 4.54. The molecule has 0 aromatic carbocycles. The third kappa shape index (κ3) is 2.27. The standard InChI is InChI=1S/C10H19N3O.ClH/c1-13(9(14)7-11)8-6-10(8)2-4-12-5-3-10;/h8,12H,2-7,11H2,1H3;1H. The summed E-state index contributed by atoms with van der Waals surface area (Å²) in [5.41, 5.74) is 5.79. The zero-order valence-electron chi connectivity index (χ0n) is 9.16. The molecule has 0 aromatic rings. The predicted octanol–water partition coefficient (Wildman–Crippen LogP) is -0.0326. The molecule has 1 spiro atoms. The van der Waals surface area contributed by atoms with Gasteiger partial charge in [-0.1, -0.05) is 0 Å². The summed E-state index contributed by atoms with van der Waals surface area (Å²) in [6, 6.07) is 0.459. The van der Waals surface area contributed by atoms with Crippen LogP contribution in [0.3, 0.4) is 0 Å². The first-order valence-corrected chi connectivity index (χ1v) is 5.36. The van der Waals surface area contributed by atoms with Crippen molar-refractivity contribution in [2.45, 2.75) is 25.3 Å². The fraction of sp³-hybridized carbons (Fsp3) is 0.900. The predicted molar refractivity (Wildman–Crippen MR) is 62.0 cm³/mol. The Morgan fingerprint density at radius 2 is 2.13 bits per heavy atom. The van der Waals surface area contributed by atoms with E-state index >= 15 is 0 Å². The van der Waals surface area contributed by atoms with Gasteiger partial charge < -0.3 is 16.0 Å². The Labute approximate surface area is 97.0 Å². The summed E-state index contributed by atoms with van der Waals surface area (Å²) in [5, 5.41) is 3.35. The van der Waals surface area contributed by atoms with E-state index in [1.807, 2.05) is 11.9 Å². The number of piperidine rings is 1. The Balaban J connectivity index is 0.00000112. The molecule has 1 aliphatic heterocycles. The fourth-order valence-corrected chi connectivity index (χ4v) is 2.65. The second-order valence-electron chi connectivity index (χ2n) is 4.54. The molecule has 0 bridgehead atoms. The first kappa shape index (κ1) is 12.7. The van der Waals surface area contributed by atoms with Crippen LogP contribution in [0.25, 0.3) is 0 Å². The maximum atomic E-state index is 11.4. The lowest BCUT2D eigenvalue weighted by molar-refractivity contribution is -0.129. The van der Waals surface area contributed by atoms with E-state index in [2.05, 4.69) is 5.32 Å². The number of carbonyl (C=O) groups is 1. The number of carbonyl (C=O) groups excluding carboxylic acids is 1. The van der Waals surface area contributed by atoms with E-state index in [0.29, 0.717) is 11.5 Å². The molecule has 1 unspecified atom stereocenters. The smallest absolute Gasteiger partial charge is 0.236 e. The number of nitrogens with two attached hydrogens (primary N) is 1. The Bertz CT molecular complexity index is 241. The molecule has 1 saturated heterocycles. The van der Waals surface area contributed by atoms with Gasteiger partial charge >= 0.3 is 0 Å². The monoisotopic (exact) mass is 233 g/mol. The Hall–Kier alpha value is -0.320. The molecule has 0 radical (unpaired) electrons. The summed E-state index contributed by atoms with van der Waals surface area (Å²) in [5.74, 6) is 0.0745. The van der Waals surface area contributed by atoms with Crippen LogP contribution in [0, 0.1) is 5.41 Å². The molecule has 3 N–H and O–H groups in total. The normalized spacial score (nSPS) is 26.9. The Morgan fingerprint density at radius 1 is 1.53 bits per heavy atom. The van der Waals surface area contributed by atoms with Gasteiger partial charge in [-0.3, -0.25) is 4.79 Å². The minimum absolute atomic E-state index is 0. The molecule has 1 aliphatic carbocycles. The first-order chi connectivity index (χ1) is 6.69. The van der Waals surface area contributed by atoms with Gasteiger partial charge in [0.2, 0.25) is 5.91 Å². The molecule has 2 rings (SSSR count). The zero-order valence-corrected chi connectivity index (χ0v) is 9.98. The van der Waals surface area contributed by atoms with Crippen molar-refractivity contribution in [2.24, 2.45) is 11.1 Å². The molecule has 0 aromatic heterocycles. The molecule has 5 heteroatoms. The van der Waals surface area contributed by atoms with Gasteiger partial charge in [0.25, 0.3) is 0 Å². The van der Waals surface area contributed by atoms with Crippen molar-refractivity contribution in [3.05, 3.63) is 0 Å². The molecule has 2 aliphatic rings. The van der Waals surface area contributed by atoms with Crippen molar-refractivity contribution in [2.75, 3.05) is 26.7 Å². The maximum Gasteiger partial charge on any atom is 0.236 e. The van der Waals surface area contributed by atoms with E-state index < -0.39 is 0 Å². The van der Waals surface area contributed by atoms with Gasteiger partial charge in [0.15, 0.2) is 0 Å². The van der Waals surface area contributed by atoms with Crippen LogP contribution in [-0.2, 0) is 4.79 Å². The molecular formula is C10H20ClN3O. The number of halogens is 1. The van der Waals surface area contributed by atoms with Crippen molar-refractivity contribution in [3.8, 4) is 0 Å². The highest BCUT2D eigenvalue weighted by molar-refractivity contribution is 5.85. The summed E-state index contributed by atoms with van der Waals surface area (Å²) in [4.78, 5) is 13.3. The van der Waals surface area contributed by atoms with Crippen LogP contribution in [0.2, 0.25) is 0 Å². The van der Waals surface area contributed by atoms with Crippen LogP contribution in [0.5, 0.6) is 0 Å². The van der Waals surface area contributed by atoms with Crippen LogP contribution in [-0.4, -0.2) is 43.5 Å². The number of nitrogens with one attached hydrogen (secondary N) is 1. The summed E-state index contributed by atoms with van der Waals surface area (Å²) >= 11 is 0. The number of hydrogen-bond donors (Lipinski definition) is 2. The van der Waals surface area contributed by atoms with E-state index in [4.69, 9.17) is 5.73 Å². The third-order valence-corrected chi connectivity index (χ3v) is 3.78. The molecule has 4 nitrogen and oxygen atoms in total. The lowest BCUT2D eigenvalue weighted by Gasteiger charge is -2.27. The Kier molecular flexibility index (Phi) is 3.98. The van der Waals surface area contributed by atoms with Crippen LogP contribution >= 0.6 is 12.4 Å². The van der Waals surface area contributed by atoms with Gasteiger partial charge in [0.05, 0.1) is 6.54 Å². The van der Waals surface area contributed by atoms with Gasteiger partial charge in [-0.25, -0.2) is 0 Å². The first-order valence-electron chi connectivity index (χ1n) is 5.36. The lowest BCUT2D eigenvalue weighted by Crippen LogP contribution is -2.39. The lowest BCUT2D eigenvalue weighted by atomic mass is 9.93. The minimum Gasteiger partial charge on any atom is -0.341 e. The highest BCUT2D eigenvalue weighted by atomic mass is 35.5. The van der Waals surface area contributed by atoms with E-state index in [-0.39, 0.29) is 24.9 Å². The maximum absolute atomic E-state index is 11.4. The molecule has 1 saturated carbocycles. The van der Waals surface area contributed by atoms with Crippen molar-refractivity contribution in [3.63, 3.8) is 0 Å².